The zero-order chi connectivity index (χ0) is 12.5. The van der Waals surface area contributed by atoms with E-state index >= 15 is 0 Å². The topological polar surface area (TPSA) is 26.2 Å². The normalized spacial score (nSPS) is 26.8. The Balaban J connectivity index is 1.88. The first kappa shape index (κ1) is 12.7. The van der Waals surface area contributed by atoms with Crippen molar-refractivity contribution >= 4 is 0 Å². The van der Waals surface area contributed by atoms with Gasteiger partial charge in [-0.25, -0.2) is 0 Å². The molecule has 0 aliphatic heterocycles. The van der Waals surface area contributed by atoms with Crippen LogP contribution in [-0.2, 0) is 17.8 Å². The van der Waals surface area contributed by atoms with Crippen molar-refractivity contribution in [2.75, 3.05) is 7.11 Å². The first-order valence-corrected chi connectivity index (χ1v) is 6.49. The van der Waals surface area contributed by atoms with Crippen LogP contribution < -0.4 is 5.32 Å². The third-order valence-electron chi connectivity index (χ3n) is 4.26. The number of aromatic nitrogens is 1. The molecule has 2 rings (SSSR count). The molecule has 0 bridgehead atoms. The molecule has 0 radical (unpaired) electrons. The summed E-state index contributed by atoms with van der Waals surface area (Å²) in [6, 6.07) is 4.87. The zero-order valence-electron chi connectivity index (χ0n) is 11.4. The van der Waals surface area contributed by atoms with E-state index < -0.39 is 0 Å². The SMILES string of the molecule is CCn1cccc1CNC1CC(OC)C1(C)C. The average Bonchev–Trinajstić information content (AvgIpc) is 2.75. The molecule has 2 unspecified atom stereocenters. The highest BCUT2D eigenvalue weighted by molar-refractivity contribution is 5.09. The molecule has 0 saturated heterocycles. The summed E-state index contributed by atoms with van der Waals surface area (Å²) in [6.45, 7) is 8.73. The predicted molar refractivity (Wildman–Crippen MR) is 69.9 cm³/mol. The maximum Gasteiger partial charge on any atom is 0.0652 e. The van der Waals surface area contributed by atoms with Gasteiger partial charge in [0.15, 0.2) is 0 Å². The Morgan fingerprint density at radius 1 is 1.53 bits per heavy atom. The van der Waals surface area contributed by atoms with Gasteiger partial charge in [0, 0.05) is 43.5 Å². The molecule has 3 heteroatoms. The zero-order valence-corrected chi connectivity index (χ0v) is 11.4. The van der Waals surface area contributed by atoms with Crippen LogP contribution in [0, 0.1) is 5.41 Å². The monoisotopic (exact) mass is 236 g/mol. The van der Waals surface area contributed by atoms with Crippen LogP contribution in [0.4, 0.5) is 0 Å². The van der Waals surface area contributed by atoms with E-state index in [-0.39, 0.29) is 5.41 Å². The molecule has 0 amide bonds. The molecule has 2 atom stereocenters. The van der Waals surface area contributed by atoms with Gasteiger partial charge in [-0.3, -0.25) is 0 Å². The molecule has 96 valence electrons. The number of nitrogens with one attached hydrogen (secondary N) is 1. The third kappa shape index (κ3) is 2.26. The largest absolute Gasteiger partial charge is 0.381 e. The minimum Gasteiger partial charge on any atom is -0.381 e. The molecule has 17 heavy (non-hydrogen) atoms. The first-order chi connectivity index (χ1) is 8.09. The molecule has 0 spiro atoms. The summed E-state index contributed by atoms with van der Waals surface area (Å²) in [5.74, 6) is 0. The van der Waals surface area contributed by atoms with E-state index in [2.05, 4.69) is 49.0 Å². The fourth-order valence-corrected chi connectivity index (χ4v) is 2.78. The second kappa shape index (κ2) is 4.83. The van der Waals surface area contributed by atoms with Crippen molar-refractivity contribution in [2.45, 2.75) is 52.4 Å². The Kier molecular flexibility index (Phi) is 3.59. The highest BCUT2D eigenvalue weighted by Crippen LogP contribution is 2.42. The summed E-state index contributed by atoms with van der Waals surface area (Å²) >= 11 is 0. The van der Waals surface area contributed by atoms with Gasteiger partial charge in [0.2, 0.25) is 0 Å². The Hall–Kier alpha value is -0.800. The van der Waals surface area contributed by atoms with Crippen molar-refractivity contribution in [2.24, 2.45) is 5.41 Å². The van der Waals surface area contributed by atoms with Crippen LogP contribution in [0.5, 0.6) is 0 Å². The van der Waals surface area contributed by atoms with Gasteiger partial charge >= 0.3 is 0 Å². The van der Waals surface area contributed by atoms with Crippen LogP contribution in [0.15, 0.2) is 18.3 Å². The lowest BCUT2D eigenvalue weighted by molar-refractivity contribution is -0.0980. The standard InChI is InChI=1S/C14H24N2O/c1-5-16-8-6-7-11(16)10-15-12-9-13(17-4)14(12,2)3/h6-8,12-13,15H,5,9-10H2,1-4H3. The van der Waals surface area contributed by atoms with E-state index in [1.165, 1.54) is 5.69 Å². The second-order valence-corrected chi connectivity index (χ2v) is 5.50. The average molecular weight is 236 g/mol. The van der Waals surface area contributed by atoms with Gasteiger partial charge in [0.05, 0.1) is 6.10 Å². The molecular formula is C14H24N2O. The van der Waals surface area contributed by atoms with Gasteiger partial charge in [-0.05, 0) is 25.5 Å². The molecule has 1 aromatic heterocycles. The number of ether oxygens (including phenoxy) is 1. The van der Waals surface area contributed by atoms with Gasteiger partial charge in [-0.15, -0.1) is 0 Å². The van der Waals surface area contributed by atoms with Gasteiger partial charge < -0.3 is 14.6 Å². The first-order valence-electron chi connectivity index (χ1n) is 6.49. The van der Waals surface area contributed by atoms with Crippen molar-refractivity contribution in [3.05, 3.63) is 24.0 Å². The molecule has 1 heterocycles. The van der Waals surface area contributed by atoms with E-state index in [9.17, 15) is 0 Å². The molecular weight excluding hydrogens is 212 g/mol. The summed E-state index contributed by atoms with van der Waals surface area (Å²) in [4.78, 5) is 0. The van der Waals surface area contributed by atoms with Gasteiger partial charge in [0.1, 0.15) is 0 Å². The lowest BCUT2D eigenvalue weighted by atomic mass is 9.64. The number of methoxy groups -OCH3 is 1. The Morgan fingerprint density at radius 2 is 2.29 bits per heavy atom. The number of hydrogen-bond donors (Lipinski definition) is 1. The van der Waals surface area contributed by atoms with Gasteiger partial charge in [-0.2, -0.15) is 0 Å². The van der Waals surface area contributed by atoms with Crippen molar-refractivity contribution in [3.63, 3.8) is 0 Å². The molecule has 3 nitrogen and oxygen atoms in total. The summed E-state index contributed by atoms with van der Waals surface area (Å²) in [6.07, 6.45) is 3.66. The van der Waals surface area contributed by atoms with Crippen molar-refractivity contribution in [1.82, 2.24) is 9.88 Å². The molecule has 1 aliphatic carbocycles. The smallest absolute Gasteiger partial charge is 0.0652 e. The van der Waals surface area contributed by atoms with E-state index in [4.69, 9.17) is 4.74 Å². The minimum absolute atomic E-state index is 0.248. The lowest BCUT2D eigenvalue weighted by Crippen LogP contribution is -2.60. The van der Waals surface area contributed by atoms with Crippen LogP contribution in [0.1, 0.15) is 32.9 Å². The second-order valence-electron chi connectivity index (χ2n) is 5.50. The van der Waals surface area contributed by atoms with Crippen LogP contribution in [0.25, 0.3) is 0 Å². The van der Waals surface area contributed by atoms with Crippen LogP contribution >= 0.6 is 0 Å². The molecule has 0 aromatic carbocycles. The van der Waals surface area contributed by atoms with Gasteiger partial charge in [-0.1, -0.05) is 13.8 Å². The Morgan fingerprint density at radius 3 is 2.88 bits per heavy atom. The molecule has 1 fully saturated rings. The quantitative estimate of drug-likeness (QED) is 0.849. The molecule has 1 aromatic rings. The maximum absolute atomic E-state index is 5.47. The Labute approximate surface area is 104 Å². The number of rotatable bonds is 5. The number of aryl methyl sites for hydroxylation is 1. The van der Waals surface area contributed by atoms with Crippen molar-refractivity contribution in [1.29, 1.82) is 0 Å². The van der Waals surface area contributed by atoms with E-state index in [1.54, 1.807) is 0 Å². The molecule has 1 aliphatic rings. The number of nitrogens with zero attached hydrogens (tertiary/aromatic N) is 1. The van der Waals surface area contributed by atoms with Crippen LogP contribution in [0.2, 0.25) is 0 Å². The van der Waals surface area contributed by atoms with Crippen LogP contribution in [0.3, 0.4) is 0 Å². The van der Waals surface area contributed by atoms with E-state index in [0.717, 1.165) is 19.5 Å². The highest BCUT2D eigenvalue weighted by atomic mass is 16.5. The summed E-state index contributed by atoms with van der Waals surface area (Å²) in [5.41, 5.74) is 1.61. The summed E-state index contributed by atoms with van der Waals surface area (Å²) < 4.78 is 7.75. The third-order valence-corrected chi connectivity index (χ3v) is 4.26. The van der Waals surface area contributed by atoms with Crippen molar-refractivity contribution < 1.29 is 4.74 Å². The minimum atomic E-state index is 0.248. The van der Waals surface area contributed by atoms with E-state index in [0.29, 0.717) is 12.1 Å². The predicted octanol–water partition coefficient (Wildman–Crippen LogP) is 2.41. The summed E-state index contributed by atoms with van der Waals surface area (Å²) in [5, 5.41) is 3.65. The molecule has 1 N–H and O–H groups in total. The van der Waals surface area contributed by atoms with Crippen LogP contribution in [-0.4, -0.2) is 23.8 Å². The highest BCUT2D eigenvalue weighted by Gasteiger charge is 2.48. The van der Waals surface area contributed by atoms with Gasteiger partial charge in [0.25, 0.3) is 0 Å². The van der Waals surface area contributed by atoms with E-state index in [1.807, 2.05) is 7.11 Å². The Bertz CT molecular complexity index is 370. The number of hydrogen-bond acceptors (Lipinski definition) is 2. The lowest BCUT2D eigenvalue weighted by Gasteiger charge is -2.51. The fraction of sp³-hybridized carbons (Fsp3) is 0.714. The maximum atomic E-state index is 5.47. The summed E-state index contributed by atoms with van der Waals surface area (Å²) in [7, 11) is 1.81. The fourth-order valence-electron chi connectivity index (χ4n) is 2.78. The molecule has 1 saturated carbocycles. The van der Waals surface area contributed by atoms with Crippen molar-refractivity contribution in [3.8, 4) is 0 Å².